The summed E-state index contributed by atoms with van der Waals surface area (Å²) >= 11 is 0. The molecule has 7 heteroatoms. The molecule has 0 bridgehead atoms. The third kappa shape index (κ3) is 4.97. The Labute approximate surface area is 151 Å². The molecule has 1 heterocycles. The summed E-state index contributed by atoms with van der Waals surface area (Å²) in [7, 11) is 0. The highest BCUT2D eigenvalue weighted by molar-refractivity contribution is 5.67. The third-order valence-corrected chi connectivity index (χ3v) is 4.02. The van der Waals surface area contributed by atoms with E-state index in [9.17, 15) is 4.79 Å². The van der Waals surface area contributed by atoms with Crippen molar-refractivity contribution in [3.63, 3.8) is 0 Å². The fourth-order valence-corrected chi connectivity index (χ4v) is 2.73. The maximum Gasteiger partial charge on any atom is 0.304 e. The number of nitrogens with zero attached hydrogens (tertiary/aromatic N) is 4. The van der Waals surface area contributed by atoms with Gasteiger partial charge < -0.3 is 10.8 Å². The standard InChI is InChI=1S/C19H21N5O2/c20-17(12-18(25)26)13-24-22-19(21-23-24)16-8-4-7-15(11-16)10-9-14-5-2-1-3-6-14/h1-8,11,17H,9-10,12-13,20H2,(H,25,26). The summed E-state index contributed by atoms with van der Waals surface area (Å²) in [5.41, 5.74) is 9.15. The summed E-state index contributed by atoms with van der Waals surface area (Å²) in [6, 6.07) is 17.9. The molecular formula is C19H21N5O2. The molecule has 134 valence electrons. The second-order valence-electron chi connectivity index (χ2n) is 6.21. The van der Waals surface area contributed by atoms with Gasteiger partial charge >= 0.3 is 5.97 Å². The minimum absolute atomic E-state index is 0.133. The fraction of sp³-hybridized carbons (Fsp3) is 0.263. The Hall–Kier alpha value is -3.06. The average Bonchev–Trinajstić information content (AvgIpc) is 3.09. The Morgan fingerprint density at radius 2 is 1.81 bits per heavy atom. The molecule has 0 radical (unpaired) electrons. The zero-order chi connectivity index (χ0) is 18.4. The molecule has 3 rings (SSSR count). The first kappa shape index (κ1) is 17.8. The number of carboxylic acid groups (broad SMARTS) is 1. The van der Waals surface area contributed by atoms with Gasteiger partial charge in [-0.2, -0.15) is 4.80 Å². The molecule has 1 aromatic heterocycles. The van der Waals surface area contributed by atoms with Crippen molar-refractivity contribution in [1.82, 2.24) is 20.2 Å². The van der Waals surface area contributed by atoms with E-state index in [2.05, 4.69) is 39.7 Å². The van der Waals surface area contributed by atoms with Gasteiger partial charge in [-0.15, -0.1) is 10.2 Å². The SMILES string of the molecule is NC(CC(=O)O)Cn1nnc(-c2cccc(CCc3ccccc3)c2)n1. The highest BCUT2D eigenvalue weighted by Crippen LogP contribution is 2.17. The Morgan fingerprint density at radius 1 is 1.08 bits per heavy atom. The minimum Gasteiger partial charge on any atom is -0.481 e. The molecule has 0 spiro atoms. The molecule has 26 heavy (non-hydrogen) atoms. The molecule has 0 amide bonds. The van der Waals surface area contributed by atoms with Gasteiger partial charge in [0.05, 0.1) is 13.0 Å². The van der Waals surface area contributed by atoms with Crippen molar-refractivity contribution in [2.75, 3.05) is 0 Å². The smallest absolute Gasteiger partial charge is 0.304 e. The van der Waals surface area contributed by atoms with Crippen molar-refractivity contribution in [1.29, 1.82) is 0 Å². The van der Waals surface area contributed by atoms with Gasteiger partial charge in [0.15, 0.2) is 0 Å². The van der Waals surface area contributed by atoms with Crippen LogP contribution in [0.2, 0.25) is 0 Å². The number of aryl methyl sites for hydroxylation is 2. The number of carbonyl (C=O) groups is 1. The van der Waals surface area contributed by atoms with Crippen molar-refractivity contribution in [2.24, 2.45) is 5.73 Å². The normalized spacial score (nSPS) is 12.0. The third-order valence-electron chi connectivity index (χ3n) is 4.02. The van der Waals surface area contributed by atoms with Crippen molar-refractivity contribution < 1.29 is 9.90 Å². The summed E-state index contributed by atoms with van der Waals surface area (Å²) in [6.07, 6.45) is 1.76. The van der Waals surface area contributed by atoms with Crippen molar-refractivity contribution in [2.45, 2.75) is 31.8 Å². The van der Waals surface area contributed by atoms with Crippen LogP contribution in [0.1, 0.15) is 17.5 Å². The lowest BCUT2D eigenvalue weighted by Gasteiger charge is -2.06. The van der Waals surface area contributed by atoms with E-state index >= 15 is 0 Å². The molecule has 0 fully saturated rings. The summed E-state index contributed by atoms with van der Waals surface area (Å²) in [4.78, 5) is 12.0. The van der Waals surface area contributed by atoms with Crippen molar-refractivity contribution in [3.05, 3.63) is 65.7 Å². The minimum atomic E-state index is -0.941. The Kier molecular flexibility index (Phi) is 5.70. The summed E-state index contributed by atoms with van der Waals surface area (Å²) in [5, 5.41) is 21.1. The van der Waals surface area contributed by atoms with Gasteiger partial charge in [0.1, 0.15) is 0 Å². The lowest BCUT2D eigenvalue weighted by molar-refractivity contribution is -0.137. The predicted octanol–water partition coefficient (Wildman–Crippen LogP) is 1.93. The second-order valence-corrected chi connectivity index (χ2v) is 6.21. The average molecular weight is 351 g/mol. The lowest BCUT2D eigenvalue weighted by Crippen LogP contribution is -2.30. The summed E-state index contributed by atoms with van der Waals surface area (Å²) in [5.74, 6) is -0.432. The number of hydrogen-bond donors (Lipinski definition) is 2. The lowest BCUT2D eigenvalue weighted by atomic mass is 10.0. The first-order valence-corrected chi connectivity index (χ1v) is 8.48. The van der Waals surface area contributed by atoms with Gasteiger partial charge in [-0.1, -0.05) is 48.5 Å². The van der Waals surface area contributed by atoms with Crippen LogP contribution >= 0.6 is 0 Å². The molecule has 0 aliphatic carbocycles. The van der Waals surface area contributed by atoms with E-state index in [0.717, 1.165) is 18.4 Å². The number of tetrazole rings is 1. The number of aromatic nitrogens is 4. The van der Waals surface area contributed by atoms with E-state index in [0.29, 0.717) is 5.82 Å². The van der Waals surface area contributed by atoms with E-state index in [1.165, 1.54) is 15.9 Å². The van der Waals surface area contributed by atoms with Crippen LogP contribution in [0.4, 0.5) is 0 Å². The van der Waals surface area contributed by atoms with Gasteiger partial charge in [0, 0.05) is 11.6 Å². The maximum absolute atomic E-state index is 10.7. The topological polar surface area (TPSA) is 107 Å². The first-order valence-electron chi connectivity index (χ1n) is 8.48. The number of hydrogen-bond acceptors (Lipinski definition) is 5. The van der Waals surface area contributed by atoms with Crippen LogP contribution in [0.25, 0.3) is 11.4 Å². The molecule has 0 aliphatic heterocycles. The van der Waals surface area contributed by atoms with E-state index in [1.807, 2.05) is 30.3 Å². The molecule has 2 aromatic carbocycles. The maximum atomic E-state index is 10.7. The summed E-state index contributed by atoms with van der Waals surface area (Å²) < 4.78 is 0. The van der Waals surface area contributed by atoms with Gasteiger partial charge in [0.2, 0.25) is 5.82 Å². The molecule has 7 nitrogen and oxygen atoms in total. The van der Waals surface area contributed by atoms with Crippen LogP contribution < -0.4 is 5.73 Å². The Bertz CT molecular complexity index is 863. The molecule has 0 saturated heterocycles. The second kappa shape index (κ2) is 8.35. The van der Waals surface area contributed by atoms with Gasteiger partial charge in [-0.25, -0.2) is 0 Å². The van der Waals surface area contributed by atoms with E-state index < -0.39 is 12.0 Å². The number of aliphatic carboxylic acids is 1. The van der Waals surface area contributed by atoms with Crippen molar-refractivity contribution in [3.8, 4) is 11.4 Å². The van der Waals surface area contributed by atoms with Crippen LogP contribution in [0.5, 0.6) is 0 Å². The Morgan fingerprint density at radius 3 is 2.58 bits per heavy atom. The molecule has 3 aromatic rings. The first-order chi connectivity index (χ1) is 12.6. The molecular weight excluding hydrogens is 330 g/mol. The quantitative estimate of drug-likeness (QED) is 0.642. The number of carboxylic acids is 1. The van der Waals surface area contributed by atoms with E-state index in [1.54, 1.807) is 0 Å². The highest BCUT2D eigenvalue weighted by atomic mass is 16.4. The Balaban J connectivity index is 1.65. The fourth-order valence-electron chi connectivity index (χ4n) is 2.73. The molecule has 0 aliphatic rings. The zero-order valence-electron chi connectivity index (χ0n) is 14.3. The van der Waals surface area contributed by atoms with Gasteiger partial charge in [0.25, 0.3) is 0 Å². The van der Waals surface area contributed by atoms with E-state index in [-0.39, 0.29) is 13.0 Å². The highest BCUT2D eigenvalue weighted by Gasteiger charge is 2.12. The molecule has 3 N–H and O–H groups in total. The van der Waals surface area contributed by atoms with Gasteiger partial charge in [-0.05, 0) is 35.2 Å². The predicted molar refractivity (Wildman–Crippen MR) is 97.3 cm³/mol. The number of nitrogens with two attached hydrogens (primary N) is 1. The largest absolute Gasteiger partial charge is 0.481 e. The van der Waals surface area contributed by atoms with Crippen LogP contribution in [0.15, 0.2) is 54.6 Å². The number of benzene rings is 2. The monoisotopic (exact) mass is 351 g/mol. The van der Waals surface area contributed by atoms with Crippen molar-refractivity contribution >= 4 is 5.97 Å². The van der Waals surface area contributed by atoms with Crippen LogP contribution in [-0.4, -0.2) is 37.3 Å². The zero-order valence-corrected chi connectivity index (χ0v) is 14.3. The van der Waals surface area contributed by atoms with Crippen LogP contribution in [0, 0.1) is 0 Å². The summed E-state index contributed by atoms with van der Waals surface area (Å²) in [6.45, 7) is 0.215. The molecule has 0 saturated carbocycles. The molecule has 1 unspecified atom stereocenters. The molecule has 1 atom stereocenters. The van der Waals surface area contributed by atoms with Crippen LogP contribution in [-0.2, 0) is 24.2 Å². The van der Waals surface area contributed by atoms with Crippen LogP contribution in [0.3, 0.4) is 0 Å². The van der Waals surface area contributed by atoms with E-state index in [4.69, 9.17) is 10.8 Å². The number of rotatable bonds is 8. The van der Waals surface area contributed by atoms with Gasteiger partial charge in [-0.3, -0.25) is 4.79 Å².